The number of anilines is 1. The average molecular weight is 726 g/mol. The summed E-state index contributed by atoms with van der Waals surface area (Å²) in [5, 5.41) is 6.67. The number of halogens is 2. The van der Waals surface area contributed by atoms with E-state index in [1.807, 2.05) is 29.2 Å². The highest BCUT2D eigenvalue weighted by Gasteiger charge is 2.30. The molecule has 2 N–H and O–H groups in total. The van der Waals surface area contributed by atoms with Crippen molar-refractivity contribution in [3.8, 4) is 16.9 Å². The van der Waals surface area contributed by atoms with Crippen LogP contribution in [-0.4, -0.2) is 78.0 Å². The summed E-state index contributed by atoms with van der Waals surface area (Å²) in [6.45, 7) is 2.92. The Balaban J connectivity index is 0.903. The largest absolute Gasteiger partial charge is 0.496 e. The van der Waals surface area contributed by atoms with Gasteiger partial charge in [0, 0.05) is 55.0 Å². The zero-order valence-electron chi connectivity index (χ0n) is 30.1. The Labute approximate surface area is 307 Å². The Hall–Kier alpha value is -5.10. The molecule has 3 aromatic carbocycles. The van der Waals surface area contributed by atoms with Gasteiger partial charge in [-0.1, -0.05) is 24.3 Å². The summed E-state index contributed by atoms with van der Waals surface area (Å²) in [5.41, 5.74) is 2.94. The smallest absolute Gasteiger partial charge is 0.258 e. The molecule has 0 bridgehead atoms. The molecule has 0 spiro atoms. The van der Waals surface area contributed by atoms with Gasteiger partial charge in [0.2, 0.25) is 17.7 Å². The van der Waals surface area contributed by atoms with E-state index in [1.165, 1.54) is 16.7 Å². The maximum Gasteiger partial charge on any atom is 0.258 e. The van der Waals surface area contributed by atoms with Gasteiger partial charge >= 0.3 is 0 Å². The summed E-state index contributed by atoms with van der Waals surface area (Å²) in [6.07, 6.45) is 5.86. The summed E-state index contributed by atoms with van der Waals surface area (Å²) in [5.74, 6) is -0.595. The number of ether oxygens (including phenoxy) is 1. The number of amides is 3. The molecular weight excluding hydrogens is 680 g/mol. The Morgan fingerprint density at radius 2 is 1.64 bits per heavy atom. The molecule has 0 radical (unpaired) electrons. The number of carbonyl (C=O) groups is 3. The predicted octanol–water partition coefficient (Wildman–Crippen LogP) is 5.37. The predicted molar refractivity (Wildman–Crippen MR) is 199 cm³/mol. The molecule has 0 saturated carbocycles. The minimum Gasteiger partial charge on any atom is -0.496 e. The standard InChI is InChI=1S/C41H45F2N5O5/c1-46-23-33(30-5-3-4-6-31(30)41(46)52)27-20-34(42)32(37(21-27)53-2)19-25-11-15-47(16-12-25)24-39(50)48-17-13-26(14-18-48)29-8-7-28(22-35(29)43)44-36-9-10-38(49)45-40(36)51/h3-8,20-23,25-26,36,44H,9-19,24H2,1-2H3,(H,45,49,51). The highest BCUT2D eigenvalue weighted by Crippen LogP contribution is 2.36. The quantitative estimate of drug-likeness (QED) is 0.223. The van der Waals surface area contributed by atoms with Crippen LogP contribution >= 0.6 is 0 Å². The summed E-state index contributed by atoms with van der Waals surface area (Å²) >= 11 is 0. The topological polar surface area (TPSA) is 113 Å². The van der Waals surface area contributed by atoms with Crippen LogP contribution in [0, 0.1) is 17.6 Å². The van der Waals surface area contributed by atoms with Gasteiger partial charge in [-0.25, -0.2) is 8.78 Å². The number of aryl methyl sites for hydroxylation is 1. The second-order valence-corrected chi connectivity index (χ2v) is 14.6. The maximum absolute atomic E-state index is 15.8. The number of nitrogens with one attached hydrogen (secondary N) is 2. The molecule has 3 aliphatic rings. The van der Waals surface area contributed by atoms with Crippen molar-refractivity contribution in [1.82, 2.24) is 19.7 Å². The van der Waals surface area contributed by atoms with Gasteiger partial charge in [-0.3, -0.25) is 29.4 Å². The van der Waals surface area contributed by atoms with Gasteiger partial charge < -0.3 is 19.5 Å². The molecule has 0 aliphatic carbocycles. The minimum absolute atomic E-state index is 0.00774. The molecule has 3 saturated heterocycles. The molecule has 10 nitrogen and oxygen atoms in total. The number of rotatable bonds is 9. The number of hydrogen-bond donors (Lipinski definition) is 2. The average Bonchev–Trinajstić information content (AvgIpc) is 3.16. The lowest BCUT2D eigenvalue weighted by molar-refractivity contribution is -0.134. The zero-order chi connectivity index (χ0) is 37.2. The molecule has 278 valence electrons. The van der Waals surface area contributed by atoms with Gasteiger partial charge in [0.05, 0.1) is 13.7 Å². The third kappa shape index (κ3) is 7.83. The van der Waals surface area contributed by atoms with Gasteiger partial charge in [-0.2, -0.15) is 0 Å². The first kappa shape index (κ1) is 36.3. The van der Waals surface area contributed by atoms with Crippen molar-refractivity contribution in [2.45, 2.75) is 56.9 Å². The van der Waals surface area contributed by atoms with Crippen molar-refractivity contribution in [3.05, 3.63) is 93.9 Å². The number of pyridine rings is 1. The molecule has 3 fully saturated rings. The monoisotopic (exact) mass is 725 g/mol. The molecule has 4 heterocycles. The fraction of sp³-hybridized carbons (Fsp3) is 0.415. The molecule has 12 heteroatoms. The second kappa shape index (κ2) is 15.5. The highest BCUT2D eigenvalue weighted by molar-refractivity contribution is 6.01. The minimum atomic E-state index is -0.580. The number of carbonyl (C=O) groups excluding carboxylic acids is 3. The number of nitrogens with zero attached hydrogens (tertiary/aromatic N) is 3. The van der Waals surface area contributed by atoms with Crippen molar-refractivity contribution in [2.75, 3.05) is 45.2 Å². The van der Waals surface area contributed by atoms with Gasteiger partial charge in [0.1, 0.15) is 23.4 Å². The van der Waals surface area contributed by atoms with E-state index in [2.05, 4.69) is 15.5 Å². The maximum atomic E-state index is 15.8. The summed E-state index contributed by atoms with van der Waals surface area (Å²) in [6, 6.07) is 15.1. The van der Waals surface area contributed by atoms with Crippen LogP contribution < -0.4 is 20.9 Å². The highest BCUT2D eigenvalue weighted by atomic mass is 19.1. The second-order valence-electron chi connectivity index (χ2n) is 14.6. The van der Waals surface area contributed by atoms with E-state index < -0.39 is 11.9 Å². The molecule has 1 unspecified atom stereocenters. The third-order valence-corrected chi connectivity index (χ3v) is 11.2. The van der Waals surface area contributed by atoms with Crippen LogP contribution in [0.25, 0.3) is 21.9 Å². The number of fused-ring (bicyclic) bond motifs is 1. The molecule has 53 heavy (non-hydrogen) atoms. The van der Waals surface area contributed by atoms with E-state index in [9.17, 15) is 19.2 Å². The van der Waals surface area contributed by atoms with Crippen LogP contribution in [0.15, 0.2) is 65.6 Å². The van der Waals surface area contributed by atoms with Gasteiger partial charge in [0.25, 0.3) is 5.56 Å². The fourth-order valence-electron chi connectivity index (χ4n) is 8.14. The summed E-state index contributed by atoms with van der Waals surface area (Å²) in [7, 11) is 3.24. The lowest BCUT2D eigenvalue weighted by atomic mass is 9.88. The summed E-state index contributed by atoms with van der Waals surface area (Å²) in [4.78, 5) is 53.5. The Kier molecular flexibility index (Phi) is 10.6. The fourth-order valence-corrected chi connectivity index (χ4v) is 8.14. The van der Waals surface area contributed by atoms with Crippen LogP contribution in [0.5, 0.6) is 5.75 Å². The van der Waals surface area contributed by atoms with Crippen LogP contribution in [0.3, 0.4) is 0 Å². The van der Waals surface area contributed by atoms with Crippen LogP contribution in [0.2, 0.25) is 0 Å². The van der Waals surface area contributed by atoms with Crippen molar-refractivity contribution in [2.24, 2.45) is 13.0 Å². The van der Waals surface area contributed by atoms with Crippen LogP contribution in [-0.2, 0) is 27.9 Å². The number of piperidine rings is 3. The van der Waals surface area contributed by atoms with E-state index in [4.69, 9.17) is 4.74 Å². The van der Waals surface area contributed by atoms with E-state index in [1.54, 1.807) is 38.6 Å². The van der Waals surface area contributed by atoms with Crippen molar-refractivity contribution >= 4 is 34.2 Å². The van der Waals surface area contributed by atoms with E-state index in [0.29, 0.717) is 78.8 Å². The Morgan fingerprint density at radius 3 is 2.34 bits per heavy atom. The summed E-state index contributed by atoms with van der Waals surface area (Å²) < 4.78 is 38.2. The zero-order valence-corrected chi connectivity index (χ0v) is 30.1. The van der Waals surface area contributed by atoms with E-state index >= 15 is 8.78 Å². The Morgan fingerprint density at radius 1 is 0.906 bits per heavy atom. The molecule has 3 aliphatic heterocycles. The normalized spacial score (nSPS) is 19.0. The van der Waals surface area contributed by atoms with E-state index in [-0.39, 0.29) is 47.3 Å². The SMILES string of the molecule is COc1cc(-c2cn(C)c(=O)c3ccccc23)cc(F)c1CC1CCN(CC(=O)N2CCC(c3ccc(NC4CCC(=O)NC4=O)cc3F)CC2)CC1. The van der Waals surface area contributed by atoms with Crippen molar-refractivity contribution in [1.29, 1.82) is 0 Å². The van der Waals surface area contributed by atoms with Crippen LogP contribution in [0.4, 0.5) is 14.5 Å². The molecule has 7 rings (SSSR count). The van der Waals surface area contributed by atoms with E-state index in [0.717, 1.165) is 36.9 Å². The van der Waals surface area contributed by atoms with Crippen molar-refractivity contribution < 1.29 is 27.9 Å². The first-order chi connectivity index (χ1) is 25.6. The number of imide groups is 1. The van der Waals surface area contributed by atoms with Crippen LogP contribution in [0.1, 0.15) is 55.6 Å². The molecule has 3 amide bonds. The molecular formula is C41H45F2N5O5. The Bertz CT molecular complexity index is 2100. The van der Waals surface area contributed by atoms with Gasteiger partial charge in [-0.05, 0) is 110 Å². The number of likely N-dealkylation sites (tertiary alicyclic amines) is 2. The molecule has 1 atom stereocenters. The number of aromatic nitrogens is 1. The van der Waals surface area contributed by atoms with Gasteiger partial charge in [-0.15, -0.1) is 0 Å². The lowest BCUT2D eigenvalue weighted by Gasteiger charge is -2.36. The lowest BCUT2D eigenvalue weighted by Crippen LogP contribution is -2.47. The van der Waals surface area contributed by atoms with Gasteiger partial charge in [0.15, 0.2) is 0 Å². The van der Waals surface area contributed by atoms with Crippen molar-refractivity contribution in [3.63, 3.8) is 0 Å². The first-order valence-electron chi connectivity index (χ1n) is 18.4. The molecule has 1 aromatic heterocycles. The number of hydrogen-bond acceptors (Lipinski definition) is 7. The third-order valence-electron chi connectivity index (χ3n) is 11.2. The first-order valence-corrected chi connectivity index (χ1v) is 18.4. The number of methoxy groups -OCH3 is 1. The number of benzene rings is 3. The molecule has 4 aromatic rings.